The van der Waals surface area contributed by atoms with E-state index >= 15 is 0 Å². The molecule has 0 aliphatic rings. The summed E-state index contributed by atoms with van der Waals surface area (Å²) in [6.45, 7) is 0. The quantitative estimate of drug-likeness (QED) is 0.637. The third kappa shape index (κ3) is 10.5. The Morgan fingerprint density at radius 3 is 1.50 bits per heavy atom. The largest absolute Gasteiger partial charge is 0.481 e. The molecule has 0 unspecified atom stereocenters. The summed E-state index contributed by atoms with van der Waals surface area (Å²) < 4.78 is 0. The minimum absolute atomic E-state index is 0. The van der Waals surface area contributed by atoms with Gasteiger partial charge in [-0.15, -0.1) is 0 Å². The molecule has 0 amide bonds. The van der Waals surface area contributed by atoms with Crippen LogP contribution in [0.1, 0.15) is 19.3 Å². The maximum atomic E-state index is 9.79. The number of rotatable bonds is 4. The molecule has 0 saturated carbocycles. The van der Waals surface area contributed by atoms with Crippen LogP contribution in [-0.4, -0.2) is 22.2 Å². The number of aliphatic carboxylic acids is 2. The zero-order valence-electron chi connectivity index (χ0n) is 5.54. The molecule has 0 saturated heterocycles. The molecule has 0 aromatic heterocycles. The molecule has 10 heavy (non-hydrogen) atoms. The molecule has 5 heteroatoms. The van der Waals surface area contributed by atoms with Crippen molar-refractivity contribution < 1.29 is 39.3 Å². The number of carbonyl (C=O) groups is 2. The molecule has 0 spiro atoms. The fraction of sp³-hybridized carbons (Fsp3) is 0.600. The van der Waals surface area contributed by atoms with Crippen LogP contribution in [0.4, 0.5) is 0 Å². The number of carboxylic acid groups (broad SMARTS) is 2. The fourth-order valence-electron chi connectivity index (χ4n) is 0.391. The van der Waals surface area contributed by atoms with Crippen molar-refractivity contribution in [2.75, 3.05) is 0 Å². The second kappa shape index (κ2) is 6.68. The molecule has 0 rings (SSSR count). The van der Waals surface area contributed by atoms with E-state index in [1.807, 2.05) is 0 Å². The van der Waals surface area contributed by atoms with Crippen LogP contribution >= 0.6 is 0 Å². The van der Waals surface area contributed by atoms with Crippen LogP contribution in [0.2, 0.25) is 0 Å². The summed E-state index contributed by atoms with van der Waals surface area (Å²) in [6, 6.07) is 0. The third-order valence-corrected chi connectivity index (χ3v) is 0.781. The first-order valence-corrected chi connectivity index (χ1v) is 2.56. The van der Waals surface area contributed by atoms with Crippen molar-refractivity contribution in [3.8, 4) is 0 Å². The summed E-state index contributed by atoms with van der Waals surface area (Å²) in [5.41, 5.74) is 0. The van der Waals surface area contributed by atoms with Gasteiger partial charge in [0.1, 0.15) is 0 Å². The Bertz CT molecular complexity index is 109. The summed E-state index contributed by atoms with van der Waals surface area (Å²) in [4.78, 5) is 19.6. The fourth-order valence-corrected chi connectivity index (χ4v) is 0.391. The van der Waals surface area contributed by atoms with Crippen molar-refractivity contribution >= 4 is 11.9 Å². The van der Waals surface area contributed by atoms with Crippen molar-refractivity contribution in [2.45, 2.75) is 19.3 Å². The van der Waals surface area contributed by atoms with Crippen LogP contribution in [-0.2, 0) is 29.1 Å². The average Bonchev–Trinajstić information content (AvgIpc) is 1.63. The Morgan fingerprint density at radius 2 is 1.30 bits per heavy atom. The van der Waals surface area contributed by atoms with E-state index < -0.39 is 11.9 Å². The molecule has 4 nitrogen and oxygen atoms in total. The van der Waals surface area contributed by atoms with E-state index in [1.165, 1.54) is 0 Å². The predicted octanol–water partition coefficient (Wildman–Crippen LogP) is 0.323. The molecule has 0 aliphatic heterocycles. The topological polar surface area (TPSA) is 74.6 Å². The Morgan fingerprint density at radius 1 is 1.00 bits per heavy atom. The molecule has 2 N–H and O–H groups in total. The van der Waals surface area contributed by atoms with Gasteiger partial charge in [0.15, 0.2) is 0 Å². The van der Waals surface area contributed by atoms with Crippen LogP contribution in [0, 0.1) is 0 Å². The summed E-state index contributed by atoms with van der Waals surface area (Å²) in [5.74, 6) is -1.90. The van der Waals surface area contributed by atoms with Gasteiger partial charge in [-0.1, -0.05) is 0 Å². The molecule has 0 aromatic carbocycles. The van der Waals surface area contributed by atoms with E-state index in [9.17, 15) is 9.59 Å². The summed E-state index contributed by atoms with van der Waals surface area (Å²) in [6.07, 6.45) is 0.0866. The Hall–Kier alpha value is -0.437. The molecular formula is C5H8O4Zn. The van der Waals surface area contributed by atoms with E-state index in [1.54, 1.807) is 0 Å². The van der Waals surface area contributed by atoms with Crippen molar-refractivity contribution in [1.82, 2.24) is 0 Å². The molecule has 0 bridgehead atoms. The van der Waals surface area contributed by atoms with Crippen molar-refractivity contribution in [2.24, 2.45) is 0 Å². The normalized spacial score (nSPS) is 8.00. The SMILES string of the molecule is O=C(O)CCCC(=O)O.[Zn]. The average molecular weight is 198 g/mol. The summed E-state index contributed by atoms with van der Waals surface area (Å²) in [5, 5.41) is 16.1. The molecule has 0 atom stereocenters. The first kappa shape index (κ1) is 12.3. The van der Waals surface area contributed by atoms with E-state index in [0.29, 0.717) is 0 Å². The van der Waals surface area contributed by atoms with E-state index in [-0.39, 0.29) is 38.7 Å². The second-order valence-electron chi connectivity index (χ2n) is 1.64. The molecule has 0 fully saturated rings. The first-order valence-electron chi connectivity index (χ1n) is 2.56. The van der Waals surface area contributed by atoms with Gasteiger partial charge in [0, 0.05) is 32.3 Å². The Labute approximate surface area is 71.0 Å². The monoisotopic (exact) mass is 196 g/mol. The van der Waals surface area contributed by atoms with E-state index in [0.717, 1.165) is 0 Å². The first-order chi connectivity index (χ1) is 4.13. The van der Waals surface area contributed by atoms with Gasteiger partial charge in [-0.05, 0) is 6.42 Å². The third-order valence-electron chi connectivity index (χ3n) is 0.781. The maximum absolute atomic E-state index is 9.79. The van der Waals surface area contributed by atoms with E-state index in [2.05, 4.69) is 0 Å². The van der Waals surface area contributed by atoms with E-state index in [4.69, 9.17) is 10.2 Å². The zero-order chi connectivity index (χ0) is 7.28. The number of hydrogen-bond acceptors (Lipinski definition) is 2. The molecular weight excluding hydrogens is 189 g/mol. The van der Waals surface area contributed by atoms with Gasteiger partial charge in [0.25, 0.3) is 0 Å². The van der Waals surface area contributed by atoms with Crippen LogP contribution in [0.5, 0.6) is 0 Å². The maximum Gasteiger partial charge on any atom is 0.303 e. The van der Waals surface area contributed by atoms with Crippen molar-refractivity contribution in [1.29, 1.82) is 0 Å². The molecule has 0 aromatic rings. The van der Waals surface area contributed by atoms with Gasteiger partial charge in [0.2, 0.25) is 0 Å². The molecule has 0 aliphatic carbocycles. The van der Waals surface area contributed by atoms with Gasteiger partial charge >= 0.3 is 11.9 Å². The minimum atomic E-state index is -0.948. The standard InChI is InChI=1S/C5H8O4.Zn/c6-4(7)2-1-3-5(8)9;/h1-3H2,(H,6,7)(H,8,9);. The Balaban J connectivity index is 0. The predicted molar refractivity (Wildman–Crippen MR) is 29.1 cm³/mol. The number of hydrogen-bond donors (Lipinski definition) is 2. The van der Waals surface area contributed by atoms with Crippen LogP contribution in [0.25, 0.3) is 0 Å². The second-order valence-corrected chi connectivity index (χ2v) is 1.64. The summed E-state index contributed by atoms with van der Waals surface area (Å²) in [7, 11) is 0. The van der Waals surface area contributed by atoms with Gasteiger partial charge in [-0.25, -0.2) is 0 Å². The molecule has 0 radical (unpaired) electrons. The van der Waals surface area contributed by atoms with Gasteiger partial charge in [0.05, 0.1) is 0 Å². The Kier molecular flexibility index (Phi) is 8.19. The minimum Gasteiger partial charge on any atom is -0.481 e. The van der Waals surface area contributed by atoms with Crippen molar-refractivity contribution in [3.05, 3.63) is 0 Å². The summed E-state index contributed by atoms with van der Waals surface area (Å²) >= 11 is 0. The molecule has 0 heterocycles. The van der Waals surface area contributed by atoms with Gasteiger partial charge in [-0.2, -0.15) is 0 Å². The molecule has 54 valence electrons. The van der Waals surface area contributed by atoms with Gasteiger partial charge < -0.3 is 10.2 Å². The number of carboxylic acids is 2. The van der Waals surface area contributed by atoms with Gasteiger partial charge in [-0.3, -0.25) is 9.59 Å². The van der Waals surface area contributed by atoms with Crippen LogP contribution < -0.4 is 0 Å². The zero-order valence-corrected chi connectivity index (χ0v) is 8.51. The van der Waals surface area contributed by atoms with Crippen molar-refractivity contribution in [3.63, 3.8) is 0 Å². The smallest absolute Gasteiger partial charge is 0.303 e. The van der Waals surface area contributed by atoms with Crippen LogP contribution in [0.15, 0.2) is 0 Å². The van der Waals surface area contributed by atoms with Crippen LogP contribution in [0.3, 0.4) is 0 Å².